The van der Waals surface area contributed by atoms with Crippen molar-refractivity contribution >= 4 is 0 Å². The van der Waals surface area contributed by atoms with Crippen molar-refractivity contribution in [1.29, 1.82) is 0 Å². The van der Waals surface area contributed by atoms with Crippen LogP contribution in [0.4, 0.5) is 0 Å². The lowest BCUT2D eigenvalue weighted by molar-refractivity contribution is -0.113. The van der Waals surface area contributed by atoms with Crippen LogP contribution in [0.5, 0.6) is 0 Å². The molecule has 0 heterocycles. The predicted molar refractivity (Wildman–Crippen MR) is 63.8 cm³/mol. The molecule has 3 heteroatoms. The molecule has 0 saturated heterocycles. The molecule has 0 fully saturated rings. The van der Waals surface area contributed by atoms with Gasteiger partial charge < -0.3 is 15.6 Å². The quantitative estimate of drug-likeness (QED) is 0.740. The van der Waals surface area contributed by atoms with Crippen molar-refractivity contribution < 1.29 is 9.84 Å². The fourth-order valence-electron chi connectivity index (χ4n) is 1.27. The number of nitrogens with two attached hydrogens (primary N) is 1. The zero-order valence-electron chi connectivity index (χ0n) is 11.0. The van der Waals surface area contributed by atoms with E-state index >= 15 is 0 Å². The second-order valence-electron chi connectivity index (χ2n) is 5.84. The summed E-state index contributed by atoms with van der Waals surface area (Å²) in [4.78, 5) is 0. The first-order valence-corrected chi connectivity index (χ1v) is 5.68. The molecule has 0 rings (SSSR count). The SMILES string of the molecule is CCC(C)(C)OC(CO)C(N)C(C)(C)C. The Kier molecular flexibility index (Phi) is 5.24. The van der Waals surface area contributed by atoms with Crippen LogP contribution in [-0.4, -0.2) is 29.5 Å². The standard InChI is InChI=1S/C12H27NO2/c1-7-12(5,6)15-9(8-14)10(13)11(2,3)4/h9-10,14H,7-8,13H2,1-6H3. The lowest BCUT2D eigenvalue weighted by Crippen LogP contribution is -2.51. The molecular weight excluding hydrogens is 190 g/mol. The zero-order chi connectivity index (χ0) is 12.3. The third-order valence-corrected chi connectivity index (χ3v) is 2.90. The average molecular weight is 217 g/mol. The van der Waals surface area contributed by atoms with Crippen LogP contribution in [0, 0.1) is 5.41 Å². The normalized spacial score (nSPS) is 17.6. The highest BCUT2D eigenvalue weighted by molar-refractivity contribution is 4.86. The number of hydrogen-bond donors (Lipinski definition) is 2. The van der Waals surface area contributed by atoms with E-state index in [1.165, 1.54) is 0 Å². The topological polar surface area (TPSA) is 55.5 Å². The number of hydrogen-bond acceptors (Lipinski definition) is 3. The van der Waals surface area contributed by atoms with E-state index in [1.54, 1.807) is 0 Å². The van der Waals surface area contributed by atoms with Gasteiger partial charge in [-0.15, -0.1) is 0 Å². The first-order valence-electron chi connectivity index (χ1n) is 5.68. The highest BCUT2D eigenvalue weighted by atomic mass is 16.5. The van der Waals surface area contributed by atoms with E-state index in [0.29, 0.717) is 0 Å². The maximum absolute atomic E-state index is 9.31. The Bertz CT molecular complexity index is 185. The molecule has 2 unspecified atom stereocenters. The summed E-state index contributed by atoms with van der Waals surface area (Å²) in [5.74, 6) is 0. The smallest absolute Gasteiger partial charge is 0.0968 e. The second-order valence-corrected chi connectivity index (χ2v) is 5.84. The minimum Gasteiger partial charge on any atom is -0.394 e. The molecule has 0 amide bonds. The molecule has 0 aliphatic heterocycles. The highest BCUT2D eigenvalue weighted by Gasteiger charge is 2.32. The van der Waals surface area contributed by atoms with Crippen molar-refractivity contribution in [2.45, 2.75) is 65.7 Å². The molecule has 0 spiro atoms. The van der Waals surface area contributed by atoms with Crippen LogP contribution in [0.2, 0.25) is 0 Å². The molecular formula is C12H27NO2. The number of aliphatic hydroxyl groups is 1. The zero-order valence-corrected chi connectivity index (χ0v) is 11.0. The van der Waals surface area contributed by atoms with E-state index in [-0.39, 0.29) is 29.8 Å². The summed E-state index contributed by atoms with van der Waals surface area (Å²) in [7, 11) is 0. The van der Waals surface area contributed by atoms with Crippen LogP contribution >= 0.6 is 0 Å². The van der Waals surface area contributed by atoms with Crippen LogP contribution in [0.25, 0.3) is 0 Å². The van der Waals surface area contributed by atoms with Crippen LogP contribution in [-0.2, 0) is 4.74 Å². The van der Waals surface area contributed by atoms with Crippen molar-refractivity contribution in [1.82, 2.24) is 0 Å². The van der Waals surface area contributed by atoms with E-state index < -0.39 is 0 Å². The molecule has 0 aliphatic rings. The molecule has 0 aromatic carbocycles. The lowest BCUT2D eigenvalue weighted by atomic mass is 9.84. The van der Waals surface area contributed by atoms with Gasteiger partial charge in [0.1, 0.15) is 0 Å². The number of ether oxygens (including phenoxy) is 1. The average Bonchev–Trinajstić information content (AvgIpc) is 2.11. The maximum Gasteiger partial charge on any atom is 0.0968 e. The Hall–Kier alpha value is -0.120. The van der Waals surface area contributed by atoms with E-state index in [0.717, 1.165) is 6.42 Å². The van der Waals surface area contributed by atoms with Gasteiger partial charge in [0.15, 0.2) is 0 Å². The Morgan fingerprint density at radius 2 is 1.67 bits per heavy atom. The molecule has 0 aromatic rings. The lowest BCUT2D eigenvalue weighted by Gasteiger charge is -2.37. The molecule has 92 valence electrons. The summed E-state index contributed by atoms with van der Waals surface area (Å²) < 4.78 is 5.85. The summed E-state index contributed by atoms with van der Waals surface area (Å²) in [6.07, 6.45) is 0.611. The predicted octanol–water partition coefficient (Wildman–Crippen LogP) is 1.93. The second kappa shape index (κ2) is 5.28. The van der Waals surface area contributed by atoms with E-state index in [2.05, 4.69) is 27.7 Å². The van der Waals surface area contributed by atoms with Gasteiger partial charge in [0.05, 0.1) is 18.3 Å². The fourth-order valence-corrected chi connectivity index (χ4v) is 1.27. The van der Waals surface area contributed by atoms with Crippen LogP contribution in [0.1, 0.15) is 48.0 Å². The summed E-state index contributed by atoms with van der Waals surface area (Å²) in [6, 6.07) is -0.159. The van der Waals surface area contributed by atoms with Gasteiger partial charge in [-0.05, 0) is 25.7 Å². The Morgan fingerprint density at radius 1 is 1.20 bits per heavy atom. The van der Waals surface area contributed by atoms with Crippen LogP contribution in [0.3, 0.4) is 0 Å². The van der Waals surface area contributed by atoms with E-state index in [1.807, 2.05) is 13.8 Å². The molecule has 3 N–H and O–H groups in total. The van der Waals surface area contributed by atoms with Gasteiger partial charge in [0, 0.05) is 6.04 Å². The van der Waals surface area contributed by atoms with Gasteiger partial charge in [0.2, 0.25) is 0 Å². The van der Waals surface area contributed by atoms with Crippen molar-refractivity contribution in [3.8, 4) is 0 Å². The minimum absolute atomic E-state index is 0.0259. The first-order chi connectivity index (χ1) is 6.64. The van der Waals surface area contributed by atoms with Gasteiger partial charge in [-0.1, -0.05) is 27.7 Å². The third-order valence-electron chi connectivity index (χ3n) is 2.90. The van der Waals surface area contributed by atoms with Gasteiger partial charge in [-0.2, -0.15) is 0 Å². The fraction of sp³-hybridized carbons (Fsp3) is 1.00. The molecule has 0 saturated carbocycles. The van der Waals surface area contributed by atoms with Crippen molar-refractivity contribution in [2.24, 2.45) is 11.1 Å². The van der Waals surface area contributed by atoms with Crippen molar-refractivity contribution in [3.63, 3.8) is 0 Å². The van der Waals surface area contributed by atoms with Gasteiger partial charge in [0.25, 0.3) is 0 Å². The van der Waals surface area contributed by atoms with E-state index in [9.17, 15) is 5.11 Å². The molecule has 15 heavy (non-hydrogen) atoms. The van der Waals surface area contributed by atoms with Gasteiger partial charge in [-0.3, -0.25) is 0 Å². The Morgan fingerprint density at radius 3 is 1.93 bits per heavy atom. The van der Waals surface area contributed by atoms with Gasteiger partial charge >= 0.3 is 0 Å². The number of rotatable bonds is 5. The summed E-state index contributed by atoms with van der Waals surface area (Å²) in [5, 5.41) is 9.31. The van der Waals surface area contributed by atoms with Crippen molar-refractivity contribution in [3.05, 3.63) is 0 Å². The third kappa shape index (κ3) is 4.96. The van der Waals surface area contributed by atoms with Crippen LogP contribution < -0.4 is 5.73 Å². The van der Waals surface area contributed by atoms with Gasteiger partial charge in [-0.25, -0.2) is 0 Å². The maximum atomic E-state index is 9.31. The largest absolute Gasteiger partial charge is 0.394 e. The molecule has 0 aromatic heterocycles. The molecule has 0 radical (unpaired) electrons. The molecule has 0 aliphatic carbocycles. The van der Waals surface area contributed by atoms with Crippen LogP contribution in [0.15, 0.2) is 0 Å². The number of aliphatic hydroxyl groups excluding tert-OH is 1. The summed E-state index contributed by atoms with van der Waals surface area (Å²) in [6.45, 7) is 12.3. The van der Waals surface area contributed by atoms with Crippen molar-refractivity contribution in [2.75, 3.05) is 6.61 Å². The summed E-state index contributed by atoms with van der Waals surface area (Å²) in [5.41, 5.74) is 5.80. The molecule has 0 bridgehead atoms. The minimum atomic E-state index is -0.292. The first kappa shape index (κ1) is 14.9. The highest BCUT2D eigenvalue weighted by Crippen LogP contribution is 2.25. The Balaban J connectivity index is 4.51. The molecule has 3 nitrogen and oxygen atoms in total. The van der Waals surface area contributed by atoms with E-state index in [4.69, 9.17) is 10.5 Å². The molecule has 2 atom stereocenters. The Labute approximate surface area is 94.0 Å². The summed E-state index contributed by atoms with van der Waals surface area (Å²) >= 11 is 0. The monoisotopic (exact) mass is 217 g/mol.